The van der Waals surface area contributed by atoms with Gasteiger partial charge in [-0.1, -0.05) is 64.9 Å². The third-order valence-electron chi connectivity index (χ3n) is 32.9. The number of carbonyl (C=O) groups is 3. The number of nitrogens with zero attached hydrogens (tertiary/aromatic N) is 8. The summed E-state index contributed by atoms with van der Waals surface area (Å²) in [4.78, 5) is 52.0. The summed E-state index contributed by atoms with van der Waals surface area (Å²) in [6.07, 6.45) is 38.3. The number of aromatic nitrogens is 9. The van der Waals surface area contributed by atoms with Crippen molar-refractivity contribution in [1.82, 2.24) is 44.7 Å². The van der Waals surface area contributed by atoms with E-state index < -0.39 is 16.8 Å². The van der Waals surface area contributed by atoms with Crippen LogP contribution in [-0.2, 0) is 27.5 Å². The lowest BCUT2D eigenvalue weighted by atomic mass is 9.43. The highest BCUT2D eigenvalue weighted by Crippen LogP contribution is 2.72. The second-order valence-electron chi connectivity index (χ2n) is 38.4. The van der Waals surface area contributed by atoms with Crippen LogP contribution in [0, 0.1) is 121 Å². The molecule has 19 heteroatoms. The average Bonchev–Trinajstić information content (AvgIpc) is 1.37. The maximum absolute atomic E-state index is 13.6. The van der Waals surface area contributed by atoms with Gasteiger partial charge in [0.25, 0.3) is 0 Å². The SMILES string of the molecule is C.C[C@@]1(O)CC[C@@]2(C)[C@@H](C[C@@H](O)[C@@H]3[C@@H]2CC[C@]2(C)[C@@H](C(=O)CBr)CC[C@@H]32)C1.C[C@@]1(O)CC[C@@]2(C)[C@@H](C[C@@H](O)[C@@H]3[C@@H]2CC[C@]2(C)[C@@H](C(=O)Cn4cc5ccncc5n4)CC[C@@H]32)C1.C[C@@]1(O)CC[C@@]2(C)[C@@H](C[C@@H](O)[C@@H]3[C@@H]2CC[C@]2(C)[C@@H](C(=O)Cn4ncc5ccncc54)CC[C@@H]32)C1.c1cc2cn[nH]c2cn1. The molecule has 27 atom stereocenters. The van der Waals surface area contributed by atoms with Crippen molar-refractivity contribution in [2.45, 2.75) is 272 Å². The molecular weight excluding hydrogens is 1370 g/mol. The van der Waals surface area contributed by atoms with E-state index in [1.54, 1.807) is 48.1 Å². The number of ketones is 3. The quantitative estimate of drug-likeness (QED) is 0.0698. The number of Topliss-reactive ketones (excluding diaryl/α,β-unsaturated/α-hetero) is 3. The molecule has 12 aliphatic rings. The van der Waals surface area contributed by atoms with E-state index in [-0.39, 0.29) is 99.4 Å². The van der Waals surface area contributed by atoms with Crippen LogP contribution < -0.4 is 0 Å². The molecule has 12 fully saturated rings. The number of hydrogen-bond donors (Lipinski definition) is 7. The number of aliphatic hydroxyl groups is 6. The Kier molecular flexibility index (Phi) is 20.4. The molecule has 18 rings (SSSR count). The van der Waals surface area contributed by atoms with Crippen LogP contribution in [0.4, 0.5) is 0 Å². The predicted molar refractivity (Wildman–Crippen MR) is 406 cm³/mol. The monoisotopic (exact) mass is 1490 g/mol. The van der Waals surface area contributed by atoms with Crippen LogP contribution in [0.5, 0.6) is 0 Å². The lowest BCUT2D eigenvalue weighted by Crippen LogP contribution is -2.59. The Hall–Kier alpha value is -4.89. The van der Waals surface area contributed by atoms with Crippen molar-refractivity contribution in [3.05, 3.63) is 74.0 Å². The van der Waals surface area contributed by atoms with Gasteiger partial charge < -0.3 is 30.6 Å². The first-order chi connectivity index (χ1) is 48.8. The van der Waals surface area contributed by atoms with Gasteiger partial charge in [0.1, 0.15) is 17.8 Å². The molecule has 0 unspecified atom stereocenters. The molecule has 12 saturated carbocycles. The number of carbonyl (C=O) groups excluding carboxylic acids is 3. The van der Waals surface area contributed by atoms with Crippen LogP contribution in [0.1, 0.15) is 224 Å². The molecule has 0 aliphatic heterocycles. The summed E-state index contributed by atoms with van der Waals surface area (Å²) in [6.45, 7) is 20.8. The number of halogens is 1. The van der Waals surface area contributed by atoms with Gasteiger partial charge in [-0.25, -0.2) is 0 Å². The van der Waals surface area contributed by atoms with Gasteiger partial charge >= 0.3 is 0 Å². The minimum absolute atomic E-state index is 0. The lowest BCUT2D eigenvalue weighted by Gasteiger charge is -2.63. The highest BCUT2D eigenvalue weighted by atomic mass is 79.9. The number of rotatable bonds is 8. The van der Waals surface area contributed by atoms with Gasteiger partial charge in [-0.3, -0.25) is 43.8 Å². The Balaban J connectivity index is 0.000000124. The number of aromatic amines is 1. The number of pyridine rings is 3. The molecule has 0 spiro atoms. The number of aliphatic hydroxyl groups excluding tert-OH is 3. The Morgan fingerprint density at radius 1 is 0.471 bits per heavy atom. The fourth-order valence-corrected chi connectivity index (χ4v) is 27.6. The van der Waals surface area contributed by atoms with Gasteiger partial charge in [-0.05, 0) is 297 Å². The minimum Gasteiger partial charge on any atom is -0.393 e. The standard InChI is InChI=1S/2C28H39N3O3.C22H35BrO3.C6H5N3.CH4/c1-26(34)9-10-27(2)18(13-26)12-23(32)25-20-5-4-19(28(20,3)8-6-21(25)27)24(33)16-31-15-17-7-11-29-14-22(17)30-31;1-26(34)9-10-27(2)18(13-26)12-23(32)25-20-5-4-19(28(20,3)8-6-21(25)27)24(33)16-31-22-15-29-11-7-17(22)14-30-31;1-20(26)8-9-21(2)13(11-20)10-17(24)19-15-5-4-14(18(25)12-23)22(15,3)7-6-16(19)21;1-2-7-4-6-5(1)3-8-9-6;/h2*7,11,14-15,18-21,23,25,32,34H,4-6,8-10,12-13,16H2,1-3H3;13-17,19,24,26H,4-12H2,1-3H3;1-4H,(H,8,9);1H4/t2*18-,19+,20-,21-,23+,25-,26+,27-,28+;13-,14+,15-,16-,17+,19-,20+,21-,22+;;/m000../s1. The van der Waals surface area contributed by atoms with E-state index in [9.17, 15) is 45.0 Å². The van der Waals surface area contributed by atoms with Gasteiger partial charge in [-0.15, -0.1) is 0 Å². The van der Waals surface area contributed by atoms with Gasteiger partial charge in [0, 0.05) is 58.7 Å². The maximum atomic E-state index is 13.6. The van der Waals surface area contributed by atoms with Crippen LogP contribution in [0.3, 0.4) is 0 Å². The highest BCUT2D eigenvalue weighted by molar-refractivity contribution is 9.09. The summed E-state index contributed by atoms with van der Waals surface area (Å²) < 4.78 is 3.59. The largest absolute Gasteiger partial charge is 0.393 e. The summed E-state index contributed by atoms with van der Waals surface area (Å²) in [5.41, 5.74) is 1.55. The van der Waals surface area contributed by atoms with Crippen LogP contribution >= 0.6 is 15.9 Å². The van der Waals surface area contributed by atoms with Crippen molar-refractivity contribution in [1.29, 1.82) is 0 Å². The first-order valence-corrected chi connectivity index (χ1v) is 41.1. The normalized spacial score (nSPS) is 45.1. The number of alkyl halides is 1. The lowest BCUT2D eigenvalue weighted by molar-refractivity contribution is -0.185. The first kappa shape index (κ1) is 75.9. The van der Waals surface area contributed by atoms with Gasteiger partial charge in [0.05, 0.1) is 89.0 Å². The van der Waals surface area contributed by atoms with Crippen molar-refractivity contribution in [3.63, 3.8) is 0 Å². The van der Waals surface area contributed by atoms with Crippen molar-refractivity contribution in [2.75, 3.05) is 5.33 Å². The average molecular weight is 1490 g/mol. The summed E-state index contributed by atoms with van der Waals surface area (Å²) in [5, 5.41) is 85.4. The zero-order valence-corrected chi connectivity index (χ0v) is 64.4. The summed E-state index contributed by atoms with van der Waals surface area (Å²) in [7, 11) is 0. The van der Waals surface area contributed by atoms with Crippen LogP contribution in [0.2, 0.25) is 0 Å². The van der Waals surface area contributed by atoms with Gasteiger partial charge in [0.15, 0.2) is 11.6 Å². The number of hydrogen-bond acceptors (Lipinski definition) is 15. The fourth-order valence-electron chi connectivity index (χ4n) is 27.2. The molecule has 18 nitrogen and oxygen atoms in total. The van der Waals surface area contributed by atoms with E-state index in [1.807, 2.05) is 56.0 Å². The van der Waals surface area contributed by atoms with E-state index >= 15 is 0 Å². The number of fused-ring (bicyclic) bond motifs is 18. The van der Waals surface area contributed by atoms with Crippen molar-refractivity contribution < 1.29 is 45.0 Å². The summed E-state index contributed by atoms with van der Waals surface area (Å²) in [5.74, 6) is 6.04. The molecule has 6 aromatic rings. The second-order valence-corrected chi connectivity index (χ2v) is 38.9. The van der Waals surface area contributed by atoms with E-state index in [2.05, 4.69) is 92.8 Å². The van der Waals surface area contributed by atoms with Crippen molar-refractivity contribution >= 4 is 66.0 Å². The topological polar surface area (TPSA) is 276 Å². The smallest absolute Gasteiger partial charge is 0.157 e. The van der Waals surface area contributed by atoms with E-state index in [1.165, 1.54) is 0 Å². The van der Waals surface area contributed by atoms with E-state index in [0.717, 1.165) is 187 Å². The maximum Gasteiger partial charge on any atom is 0.157 e. The Labute approximate surface area is 624 Å². The Morgan fingerprint density at radius 3 is 1.32 bits per heavy atom. The fraction of sp³-hybridized carbons (Fsp3) is 0.753. The van der Waals surface area contributed by atoms with Crippen LogP contribution in [0.25, 0.3) is 32.7 Å². The third kappa shape index (κ3) is 13.1. The van der Waals surface area contributed by atoms with E-state index in [0.29, 0.717) is 83.4 Å². The molecule has 7 N–H and O–H groups in total. The molecule has 0 saturated heterocycles. The van der Waals surface area contributed by atoms with Gasteiger partial charge in [0.2, 0.25) is 0 Å². The molecule has 104 heavy (non-hydrogen) atoms. The zero-order chi connectivity index (χ0) is 72.8. The van der Waals surface area contributed by atoms with Crippen LogP contribution in [-0.4, -0.2) is 133 Å². The predicted octanol–water partition coefficient (Wildman–Crippen LogP) is 14.7. The molecule has 0 amide bonds. The third-order valence-corrected chi connectivity index (χ3v) is 33.4. The molecule has 0 aromatic carbocycles. The van der Waals surface area contributed by atoms with Gasteiger partial charge in [-0.2, -0.15) is 15.3 Å². The number of nitrogens with one attached hydrogen (secondary N) is 1. The van der Waals surface area contributed by atoms with Crippen LogP contribution in [0.15, 0.2) is 74.0 Å². The Morgan fingerprint density at radius 2 is 0.875 bits per heavy atom. The molecule has 0 radical (unpaired) electrons. The molecule has 6 aromatic heterocycles. The molecule has 6 heterocycles. The zero-order valence-electron chi connectivity index (χ0n) is 62.8. The molecule has 568 valence electrons. The molecule has 0 bridgehead atoms. The second kappa shape index (κ2) is 27.9. The minimum atomic E-state index is -0.600. The molecule has 12 aliphatic carbocycles. The summed E-state index contributed by atoms with van der Waals surface area (Å²) in [6, 6.07) is 5.78. The van der Waals surface area contributed by atoms with E-state index in [4.69, 9.17) is 0 Å². The highest BCUT2D eigenvalue weighted by Gasteiger charge is 2.68. The van der Waals surface area contributed by atoms with Crippen molar-refractivity contribution in [3.8, 4) is 0 Å². The number of H-pyrrole nitrogens is 1. The van der Waals surface area contributed by atoms with Crippen molar-refractivity contribution in [2.24, 2.45) is 121 Å². The molecular formula is C85H122BrN9O9. The summed E-state index contributed by atoms with van der Waals surface area (Å²) >= 11 is 3.39. The first-order valence-electron chi connectivity index (χ1n) is 39.9. The Bertz CT molecular complexity index is 4040.